The summed E-state index contributed by atoms with van der Waals surface area (Å²) in [5.41, 5.74) is 1.37. The van der Waals surface area contributed by atoms with Gasteiger partial charge in [-0.2, -0.15) is 0 Å². The molecule has 1 heterocycles. The van der Waals surface area contributed by atoms with Gasteiger partial charge in [-0.05, 0) is 37.0 Å². The zero-order valence-electron chi connectivity index (χ0n) is 15.3. The molecule has 2 rings (SSSR count). The lowest BCUT2D eigenvalue weighted by Gasteiger charge is -2.35. The second-order valence-corrected chi connectivity index (χ2v) is 6.56. The molecular formula is C18H23N3O5. The van der Waals surface area contributed by atoms with Crippen LogP contribution in [0.5, 0.6) is 0 Å². The number of nitro benzene ring substituents is 1. The number of nitrogens with zero attached hydrogens (tertiary/aromatic N) is 2. The number of nitro groups is 1. The smallest absolute Gasteiger partial charge is 0.337 e. The maximum atomic E-state index is 12.6. The Morgan fingerprint density at radius 1 is 1.35 bits per heavy atom. The minimum atomic E-state index is -0.717. The van der Waals surface area contributed by atoms with E-state index in [4.69, 9.17) is 4.74 Å². The van der Waals surface area contributed by atoms with Crippen molar-refractivity contribution in [2.75, 3.05) is 13.7 Å². The van der Waals surface area contributed by atoms with Gasteiger partial charge in [0.25, 0.3) is 5.69 Å². The normalized spacial score (nSPS) is 17.3. The molecule has 1 aromatic carbocycles. The molecular weight excluding hydrogens is 338 g/mol. The van der Waals surface area contributed by atoms with Crippen molar-refractivity contribution >= 4 is 17.7 Å². The quantitative estimate of drug-likeness (QED) is 0.476. The molecule has 1 aliphatic heterocycles. The van der Waals surface area contributed by atoms with Gasteiger partial charge in [-0.3, -0.25) is 15.0 Å². The third kappa shape index (κ3) is 4.01. The van der Waals surface area contributed by atoms with Gasteiger partial charge >= 0.3 is 12.0 Å². The number of hydrogen-bond acceptors (Lipinski definition) is 5. The Morgan fingerprint density at radius 2 is 1.96 bits per heavy atom. The molecule has 1 aromatic rings. The predicted molar refractivity (Wildman–Crippen MR) is 95.2 cm³/mol. The van der Waals surface area contributed by atoms with Crippen molar-refractivity contribution in [3.8, 4) is 0 Å². The molecule has 0 bridgehead atoms. The monoisotopic (exact) mass is 361 g/mol. The molecule has 140 valence electrons. The Labute approximate surface area is 152 Å². The van der Waals surface area contributed by atoms with E-state index in [1.54, 1.807) is 6.92 Å². The van der Waals surface area contributed by atoms with Crippen LogP contribution >= 0.6 is 0 Å². The number of non-ortho nitro benzene ring substituents is 1. The molecule has 8 nitrogen and oxygen atoms in total. The molecule has 0 aliphatic carbocycles. The average Bonchev–Trinajstić information content (AvgIpc) is 2.60. The number of urea groups is 1. The van der Waals surface area contributed by atoms with E-state index in [0.29, 0.717) is 29.3 Å². The fourth-order valence-electron chi connectivity index (χ4n) is 2.85. The standard InChI is InChI=1S/C18H23N3O5/c1-11(2)9-10-20-12(3)15(17(22)26-4)16(19-18(20)23)13-5-7-14(8-6-13)21(24)25/h5-8,11,16H,9-10H2,1-4H3,(H,19,23)/t16-/m1/s1. The van der Waals surface area contributed by atoms with Crippen LogP contribution in [0.25, 0.3) is 0 Å². The zero-order chi connectivity index (χ0) is 19.4. The summed E-state index contributed by atoms with van der Waals surface area (Å²) >= 11 is 0. The van der Waals surface area contributed by atoms with E-state index < -0.39 is 16.9 Å². The SMILES string of the molecule is COC(=O)C1=C(C)N(CCC(C)C)C(=O)N[C@@H]1c1ccc([N+](=O)[O-])cc1. The topological polar surface area (TPSA) is 102 Å². The van der Waals surface area contributed by atoms with Crippen LogP contribution in [-0.4, -0.2) is 35.5 Å². The van der Waals surface area contributed by atoms with Crippen molar-refractivity contribution < 1.29 is 19.2 Å². The van der Waals surface area contributed by atoms with Gasteiger partial charge < -0.3 is 10.1 Å². The highest BCUT2D eigenvalue weighted by atomic mass is 16.6. The third-order valence-electron chi connectivity index (χ3n) is 4.37. The molecule has 1 N–H and O–H groups in total. The molecule has 0 saturated heterocycles. The minimum absolute atomic E-state index is 0.0604. The number of hydrogen-bond donors (Lipinski definition) is 1. The van der Waals surface area contributed by atoms with Gasteiger partial charge in [-0.1, -0.05) is 13.8 Å². The first-order valence-electron chi connectivity index (χ1n) is 8.37. The highest BCUT2D eigenvalue weighted by molar-refractivity contribution is 5.95. The third-order valence-corrected chi connectivity index (χ3v) is 4.37. The van der Waals surface area contributed by atoms with Gasteiger partial charge in [-0.25, -0.2) is 9.59 Å². The summed E-state index contributed by atoms with van der Waals surface area (Å²) in [5, 5.41) is 13.6. The molecule has 0 spiro atoms. The average molecular weight is 361 g/mol. The molecule has 2 amide bonds. The van der Waals surface area contributed by atoms with Gasteiger partial charge in [0.1, 0.15) is 0 Å². The Morgan fingerprint density at radius 3 is 2.46 bits per heavy atom. The van der Waals surface area contributed by atoms with Gasteiger partial charge in [-0.15, -0.1) is 0 Å². The Kier molecular flexibility index (Phi) is 5.97. The largest absolute Gasteiger partial charge is 0.466 e. The van der Waals surface area contributed by atoms with Gasteiger partial charge in [0.2, 0.25) is 0 Å². The van der Waals surface area contributed by atoms with Crippen LogP contribution in [0.3, 0.4) is 0 Å². The first-order chi connectivity index (χ1) is 12.3. The number of rotatable bonds is 6. The van der Waals surface area contributed by atoms with Gasteiger partial charge in [0.05, 0.1) is 23.6 Å². The number of esters is 1. The van der Waals surface area contributed by atoms with E-state index in [9.17, 15) is 19.7 Å². The fraction of sp³-hybridized carbons (Fsp3) is 0.444. The van der Waals surface area contributed by atoms with Gasteiger partial charge in [0.15, 0.2) is 0 Å². The summed E-state index contributed by atoms with van der Waals surface area (Å²) in [6, 6.07) is 4.73. The van der Waals surface area contributed by atoms with Crippen molar-refractivity contribution in [3.05, 3.63) is 51.2 Å². The van der Waals surface area contributed by atoms with Crippen molar-refractivity contribution in [1.82, 2.24) is 10.2 Å². The first kappa shape index (κ1) is 19.4. The van der Waals surface area contributed by atoms with E-state index in [-0.39, 0.29) is 11.7 Å². The molecule has 8 heteroatoms. The number of allylic oxidation sites excluding steroid dienone is 1. The maximum absolute atomic E-state index is 12.6. The fourth-order valence-corrected chi connectivity index (χ4v) is 2.85. The lowest BCUT2D eigenvalue weighted by atomic mass is 9.94. The molecule has 26 heavy (non-hydrogen) atoms. The number of methoxy groups -OCH3 is 1. The molecule has 0 fully saturated rings. The van der Waals surface area contributed by atoms with Crippen molar-refractivity contribution in [1.29, 1.82) is 0 Å². The predicted octanol–water partition coefficient (Wildman–Crippen LogP) is 3.15. The van der Waals surface area contributed by atoms with Crippen molar-refractivity contribution in [3.63, 3.8) is 0 Å². The summed E-state index contributed by atoms with van der Waals surface area (Å²) < 4.78 is 4.90. The highest BCUT2D eigenvalue weighted by Crippen LogP contribution is 2.32. The molecule has 0 radical (unpaired) electrons. The van der Waals surface area contributed by atoms with Crippen LogP contribution < -0.4 is 5.32 Å². The Hall–Kier alpha value is -2.90. The van der Waals surface area contributed by atoms with Crippen LogP contribution in [0, 0.1) is 16.0 Å². The summed E-state index contributed by atoms with van der Waals surface area (Å²) in [5.74, 6) is -0.134. The van der Waals surface area contributed by atoms with E-state index >= 15 is 0 Å². The van der Waals surface area contributed by atoms with Crippen LogP contribution in [0.1, 0.15) is 38.8 Å². The summed E-state index contributed by atoms with van der Waals surface area (Å²) in [4.78, 5) is 36.8. The van der Waals surface area contributed by atoms with Crippen LogP contribution in [0.15, 0.2) is 35.5 Å². The maximum Gasteiger partial charge on any atom is 0.337 e. The van der Waals surface area contributed by atoms with E-state index in [0.717, 1.165) is 6.42 Å². The Balaban J connectivity index is 2.43. The molecule has 1 atom stereocenters. The molecule has 0 aromatic heterocycles. The van der Waals surface area contributed by atoms with Crippen molar-refractivity contribution in [2.45, 2.75) is 33.2 Å². The number of nitrogens with one attached hydrogen (secondary N) is 1. The van der Waals surface area contributed by atoms with E-state index in [1.807, 2.05) is 0 Å². The number of amides is 2. The van der Waals surface area contributed by atoms with Crippen LogP contribution in [0.4, 0.5) is 10.5 Å². The Bertz CT molecular complexity index is 740. The van der Waals surface area contributed by atoms with Crippen LogP contribution in [-0.2, 0) is 9.53 Å². The highest BCUT2D eigenvalue weighted by Gasteiger charge is 2.36. The van der Waals surface area contributed by atoms with E-state index in [1.165, 1.54) is 36.3 Å². The second kappa shape index (κ2) is 7.99. The molecule has 0 unspecified atom stereocenters. The number of carbonyl (C=O) groups excluding carboxylic acids is 2. The lowest BCUT2D eigenvalue weighted by molar-refractivity contribution is -0.384. The zero-order valence-corrected chi connectivity index (χ0v) is 15.3. The summed E-state index contributed by atoms with van der Waals surface area (Å²) in [6.45, 7) is 6.32. The minimum Gasteiger partial charge on any atom is -0.466 e. The van der Waals surface area contributed by atoms with Crippen molar-refractivity contribution in [2.24, 2.45) is 5.92 Å². The lowest BCUT2D eigenvalue weighted by Crippen LogP contribution is -2.48. The van der Waals surface area contributed by atoms with Gasteiger partial charge in [0, 0.05) is 24.4 Å². The number of carbonyl (C=O) groups is 2. The second-order valence-electron chi connectivity index (χ2n) is 6.56. The first-order valence-corrected chi connectivity index (χ1v) is 8.37. The summed E-state index contributed by atoms with van der Waals surface area (Å²) in [6.07, 6.45) is 0.793. The molecule has 1 aliphatic rings. The van der Waals surface area contributed by atoms with Crippen LogP contribution in [0.2, 0.25) is 0 Å². The number of ether oxygens (including phenoxy) is 1. The summed E-state index contributed by atoms with van der Waals surface area (Å²) in [7, 11) is 1.28. The molecule has 0 saturated carbocycles. The number of benzene rings is 1. The van der Waals surface area contributed by atoms with E-state index in [2.05, 4.69) is 19.2 Å².